The number of fused-ring (bicyclic) bond motifs is 1. The molecular formula is C16H13ClF3N. The van der Waals surface area contributed by atoms with Crippen molar-refractivity contribution in [3.63, 3.8) is 0 Å². The molecule has 2 aromatic carbocycles. The van der Waals surface area contributed by atoms with E-state index in [9.17, 15) is 13.2 Å². The van der Waals surface area contributed by atoms with Gasteiger partial charge in [-0.05, 0) is 35.7 Å². The van der Waals surface area contributed by atoms with Crippen molar-refractivity contribution in [2.24, 2.45) is 0 Å². The lowest BCUT2D eigenvalue weighted by molar-refractivity contribution is -0.137. The number of nitrogens with zero attached hydrogens (tertiary/aromatic N) is 1. The van der Waals surface area contributed by atoms with Gasteiger partial charge in [-0.3, -0.25) is 0 Å². The SMILES string of the molecule is FC(F)(F)c1cc(CCl)ccc1N1CCc2ccccc21. The van der Waals surface area contributed by atoms with Crippen molar-refractivity contribution in [3.05, 3.63) is 59.2 Å². The van der Waals surface area contributed by atoms with Gasteiger partial charge < -0.3 is 4.90 Å². The van der Waals surface area contributed by atoms with E-state index < -0.39 is 11.7 Å². The second kappa shape index (κ2) is 5.26. The van der Waals surface area contributed by atoms with E-state index >= 15 is 0 Å². The Bertz CT molecular complexity index is 667. The summed E-state index contributed by atoms with van der Waals surface area (Å²) in [5.41, 5.74) is 1.97. The molecule has 0 radical (unpaired) electrons. The summed E-state index contributed by atoms with van der Waals surface area (Å²) in [4.78, 5) is 1.73. The average molecular weight is 312 g/mol. The van der Waals surface area contributed by atoms with Gasteiger partial charge in [-0.1, -0.05) is 24.3 Å². The van der Waals surface area contributed by atoms with E-state index in [0.29, 0.717) is 12.1 Å². The molecule has 0 N–H and O–H groups in total. The van der Waals surface area contributed by atoms with Gasteiger partial charge in [-0.15, -0.1) is 11.6 Å². The molecule has 0 saturated carbocycles. The van der Waals surface area contributed by atoms with Crippen LogP contribution in [0.25, 0.3) is 0 Å². The van der Waals surface area contributed by atoms with Crippen LogP contribution >= 0.6 is 11.6 Å². The van der Waals surface area contributed by atoms with Crippen molar-refractivity contribution < 1.29 is 13.2 Å². The highest BCUT2D eigenvalue weighted by Gasteiger charge is 2.36. The first-order chi connectivity index (χ1) is 10.0. The van der Waals surface area contributed by atoms with Crippen LogP contribution in [0.15, 0.2) is 42.5 Å². The van der Waals surface area contributed by atoms with Crippen LogP contribution in [-0.2, 0) is 18.5 Å². The van der Waals surface area contributed by atoms with Crippen LogP contribution < -0.4 is 4.90 Å². The minimum Gasteiger partial charge on any atom is -0.340 e. The van der Waals surface area contributed by atoms with E-state index in [2.05, 4.69) is 0 Å². The monoisotopic (exact) mass is 311 g/mol. The molecule has 0 atom stereocenters. The van der Waals surface area contributed by atoms with E-state index in [-0.39, 0.29) is 11.6 Å². The zero-order valence-corrected chi connectivity index (χ0v) is 11.9. The van der Waals surface area contributed by atoms with E-state index in [1.54, 1.807) is 11.0 Å². The van der Waals surface area contributed by atoms with Crippen LogP contribution in [0.1, 0.15) is 16.7 Å². The number of hydrogen-bond acceptors (Lipinski definition) is 1. The van der Waals surface area contributed by atoms with Gasteiger partial charge in [0.05, 0.1) is 11.3 Å². The van der Waals surface area contributed by atoms with Crippen LogP contribution in [-0.4, -0.2) is 6.54 Å². The fourth-order valence-corrected chi connectivity index (χ4v) is 2.88. The number of anilines is 2. The number of alkyl halides is 4. The maximum atomic E-state index is 13.3. The van der Waals surface area contributed by atoms with Crippen LogP contribution in [0.4, 0.5) is 24.5 Å². The maximum Gasteiger partial charge on any atom is 0.418 e. The van der Waals surface area contributed by atoms with E-state index in [0.717, 1.165) is 23.7 Å². The lowest BCUT2D eigenvalue weighted by atomic mass is 10.1. The first-order valence-electron chi connectivity index (χ1n) is 6.62. The minimum atomic E-state index is -4.39. The van der Waals surface area contributed by atoms with Gasteiger partial charge in [-0.25, -0.2) is 0 Å². The predicted molar refractivity (Wildman–Crippen MR) is 78.2 cm³/mol. The van der Waals surface area contributed by atoms with Crippen molar-refractivity contribution in [2.75, 3.05) is 11.4 Å². The van der Waals surface area contributed by atoms with E-state index in [1.165, 1.54) is 6.07 Å². The molecule has 2 aromatic rings. The van der Waals surface area contributed by atoms with Gasteiger partial charge in [0.2, 0.25) is 0 Å². The highest BCUT2D eigenvalue weighted by molar-refractivity contribution is 6.17. The number of benzene rings is 2. The second-order valence-electron chi connectivity index (χ2n) is 5.01. The zero-order chi connectivity index (χ0) is 15.0. The Labute approximate surface area is 126 Å². The highest BCUT2D eigenvalue weighted by atomic mass is 35.5. The number of para-hydroxylation sites is 1. The third-order valence-corrected chi connectivity index (χ3v) is 4.01. The Kier molecular flexibility index (Phi) is 3.57. The van der Waals surface area contributed by atoms with Crippen molar-refractivity contribution in [1.29, 1.82) is 0 Å². The van der Waals surface area contributed by atoms with E-state index in [1.807, 2.05) is 24.3 Å². The molecule has 1 heterocycles. The quantitative estimate of drug-likeness (QED) is 0.694. The molecule has 21 heavy (non-hydrogen) atoms. The van der Waals surface area contributed by atoms with E-state index in [4.69, 9.17) is 11.6 Å². The summed E-state index contributed by atoms with van der Waals surface area (Å²) < 4.78 is 40.0. The van der Waals surface area contributed by atoms with Gasteiger partial charge in [0.1, 0.15) is 0 Å². The first-order valence-corrected chi connectivity index (χ1v) is 7.15. The Balaban J connectivity index is 2.11. The molecule has 0 saturated heterocycles. The molecule has 0 bridgehead atoms. The third kappa shape index (κ3) is 2.60. The molecule has 1 nitrogen and oxygen atoms in total. The largest absolute Gasteiger partial charge is 0.418 e. The molecule has 0 spiro atoms. The molecule has 0 amide bonds. The normalized spacial score (nSPS) is 14.4. The topological polar surface area (TPSA) is 3.24 Å². The fraction of sp³-hybridized carbons (Fsp3) is 0.250. The Hall–Kier alpha value is -1.68. The smallest absolute Gasteiger partial charge is 0.340 e. The molecule has 0 fully saturated rings. The fourth-order valence-electron chi connectivity index (χ4n) is 2.72. The van der Waals surface area contributed by atoms with Crippen LogP contribution in [0.2, 0.25) is 0 Å². The molecule has 5 heteroatoms. The average Bonchev–Trinajstić information content (AvgIpc) is 2.89. The van der Waals surface area contributed by atoms with Crippen molar-refractivity contribution in [2.45, 2.75) is 18.5 Å². The van der Waals surface area contributed by atoms with Crippen LogP contribution in [0.5, 0.6) is 0 Å². The first kappa shape index (κ1) is 14.3. The molecule has 110 valence electrons. The zero-order valence-electron chi connectivity index (χ0n) is 11.1. The molecular weight excluding hydrogens is 299 g/mol. The van der Waals surface area contributed by atoms with Crippen molar-refractivity contribution >= 4 is 23.0 Å². The van der Waals surface area contributed by atoms with Gasteiger partial charge in [-0.2, -0.15) is 13.2 Å². The Morgan fingerprint density at radius 1 is 1.05 bits per heavy atom. The van der Waals surface area contributed by atoms with Crippen molar-refractivity contribution in [3.8, 4) is 0 Å². The maximum absolute atomic E-state index is 13.3. The summed E-state index contributed by atoms with van der Waals surface area (Å²) in [6, 6.07) is 11.9. The second-order valence-corrected chi connectivity index (χ2v) is 5.28. The molecule has 3 rings (SSSR count). The third-order valence-electron chi connectivity index (χ3n) is 3.70. The minimum absolute atomic E-state index is 0.0694. The molecule has 0 unspecified atom stereocenters. The van der Waals surface area contributed by atoms with Gasteiger partial charge in [0.25, 0.3) is 0 Å². The van der Waals surface area contributed by atoms with Crippen LogP contribution in [0.3, 0.4) is 0 Å². The predicted octanol–water partition coefficient (Wildman–Crippen LogP) is 5.14. The van der Waals surface area contributed by atoms with Gasteiger partial charge in [0, 0.05) is 18.1 Å². The summed E-state index contributed by atoms with van der Waals surface area (Å²) in [5, 5.41) is 0. The summed E-state index contributed by atoms with van der Waals surface area (Å²) >= 11 is 5.66. The lowest BCUT2D eigenvalue weighted by Gasteiger charge is -2.24. The van der Waals surface area contributed by atoms with Crippen molar-refractivity contribution in [1.82, 2.24) is 0 Å². The summed E-state index contributed by atoms with van der Waals surface area (Å²) in [6.07, 6.45) is -3.64. The summed E-state index contributed by atoms with van der Waals surface area (Å²) in [7, 11) is 0. The number of hydrogen-bond donors (Lipinski definition) is 0. The van der Waals surface area contributed by atoms with Gasteiger partial charge in [0.15, 0.2) is 0 Å². The Morgan fingerprint density at radius 3 is 2.52 bits per heavy atom. The summed E-state index contributed by atoms with van der Waals surface area (Å²) in [5.74, 6) is 0.0694. The molecule has 1 aliphatic rings. The molecule has 0 aromatic heterocycles. The standard InChI is InChI=1S/C16H13ClF3N/c17-10-11-5-6-15(13(9-11)16(18,19)20)21-8-7-12-3-1-2-4-14(12)21/h1-6,9H,7-8,10H2. The summed E-state index contributed by atoms with van der Waals surface area (Å²) in [6.45, 7) is 0.558. The number of halogens is 4. The van der Waals surface area contributed by atoms with Gasteiger partial charge >= 0.3 is 6.18 Å². The molecule has 1 aliphatic heterocycles. The lowest BCUT2D eigenvalue weighted by Crippen LogP contribution is -2.19. The highest BCUT2D eigenvalue weighted by Crippen LogP contribution is 2.42. The van der Waals surface area contributed by atoms with Crippen LogP contribution in [0, 0.1) is 0 Å². The Morgan fingerprint density at radius 2 is 1.81 bits per heavy atom. The molecule has 0 aliphatic carbocycles. The number of rotatable bonds is 2.